The minimum absolute atomic E-state index is 0.205. The van der Waals surface area contributed by atoms with Gasteiger partial charge in [0.05, 0.1) is 0 Å². The molecular weight excluding hydrogens is 277 g/mol. The van der Waals surface area contributed by atoms with E-state index in [0.717, 1.165) is 5.38 Å². The van der Waals surface area contributed by atoms with Crippen molar-refractivity contribution in [2.45, 2.75) is 6.18 Å². The third kappa shape index (κ3) is 2.93. The van der Waals surface area contributed by atoms with Gasteiger partial charge in [0.2, 0.25) is 0 Å². The Morgan fingerprint density at radius 2 is 1.89 bits per heavy atom. The summed E-state index contributed by atoms with van der Waals surface area (Å²) in [7, 11) is 1.49. The minimum atomic E-state index is -4.52. The second kappa shape index (κ2) is 5.00. The first kappa shape index (κ1) is 13.5. The maximum absolute atomic E-state index is 12.4. The molecule has 1 amide bonds. The molecule has 1 aromatic heterocycles. The van der Waals surface area contributed by atoms with Crippen LogP contribution >= 0.6 is 11.3 Å². The Hall–Kier alpha value is -1.89. The number of carbonyl (C=O) groups excluding carboxylic acids is 1. The largest absolute Gasteiger partial charge is 0.443 e. The number of benzene rings is 1. The Bertz CT molecular complexity index is 580. The van der Waals surface area contributed by atoms with Crippen LogP contribution in [-0.4, -0.2) is 17.9 Å². The maximum atomic E-state index is 12.4. The molecule has 2 rings (SSSR count). The van der Waals surface area contributed by atoms with Gasteiger partial charge < -0.3 is 4.90 Å². The SMILES string of the molecule is CN(C(=O)c1csc(C(F)(F)F)n1)c1ccccc1. The first-order valence-corrected chi connectivity index (χ1v) is 6.13. The fourth-order valence-electron chi connectivity index (χ4n) is 1.44. The standard InChI is InChI=1S/C12H9F3N2OS/c1-17(8-5-3-2-4-6-8)10(18)9-7-19-11(16-9)12(13,14)15/h2-7H,1H3. The molecule has 0 saturated heterocycles. The Morgan fingerprint density at radius 1 is 1.26 bits per heavy atom. The number of anilines is 1. The number of carbonyl (C=O) groups is 1. The average Bonchev–Trinajstić information content (AvgIpc) is 2.87. The van der Waals surface area contributed by atoms with E-state index in [4.69, 9.17) is 0 Å². The molecule has 0 N–H and O–H groups in total. The summed E-state index contributed by atoms with van der Waals surface area (Å²) in [6.45, 7) is 0. The highest BCUT2D eigenvalue weighted by atomic mass is 32.1. The smallest absolute Gasteiger partial charge is 0.310 e. The van der Waals surface area contributed by atoms with Crippen molar-refractivity contribution in [3.8, 4) is 0 Å². The Kier molecular flexibility index (Phi) is 3.57. The molecule has 0 aliphatic carbocycles. The third-order valence-electron chi connectivity index (χ3n) is 2.41. The molecule has 1 aromatic carbocycles. The zero-order chi connectivity index (χ0) is 14.0. The lowest BCUT2D eigenvalue weighted by molar-refractivity contribution is -0.137. The van der Waals surface area contributed by atoms with Gasteiger partial charge in [0, 0.05) is 18.1 Å². The van der Waals surface area contributed by atoms with Gasteiger partial charge >= 0.3 is 6.18 Å². The predicted octanol–water partition coefficient (Wildman–Crippen LogP) is 3.44. The fourth-order valence-corrected chi connectivity index (χ4v) is 2.10. The molecule has 0 aliphatic heterocycles. The zero-order valence-electron chi connectivity index (χ0n) is 9.81. The molecule has 100 valence electrons. The Morgan fingerprint density at radius 3 is 2.42 bits per heavy atom. The van der Waals surface area contributed by atoms with Crippen LogP contribution in [0.25, 0.3) is 0 Å². The van der Waals surface area contributed by atoms with Crippen LogP contribution in [0.1, 0.15) is 15.5 Å². The highest BCUT2D eigenvalue weighted by molar-refractivity contribution is 7.10. The number of para-hydroxylation sites is 1. The number of nitrogens with zero attached hydrogens (tertiary/aromatic N) is 2. The molecule has 2 aromatic rings. The molecule has 19 heavy (non-hydrogen) atoms. The van der Waals surface area contributed by atoms with E-state index in [0.29, 0.717) is 17.0 Å². The summed E-state index contributed by atoms with van der Waals surface area (Å²) in [4.78, 5) is 16.6. The van der Waals surface area contributed by atoms with Crippen LogP contribution in [0.2, 0.25) is 0 Å². The lowest BCUT2D eigenvalue weighted by Gasteiger charge is -2.15. The van der Waals surface area contributed by atoms with Gasteiger partial charge in [-0.2, -0.15) is 13.2 Å². The van der Waals surface area contributed by atoms with Crippen molar-refractivity contribution in [1.29, 1.82) is 0 Å². The van der Waals surface area contributed by atoms with E-state index in [-0.39, 0.29) is 5.69 Å². The number of thiazole rings is 1. The van der Waals surface area contributed by atoms with Crippen molar-refractivity contribution in [3.63, 3.8) is 0 Å². The molecule has 0 radical (unpaired) electrons. The molecule has 3 nitrogen and oxygen atoms in total. The van der Waals surface area contributed by atoms with E-state index in [1.54, 1.807) is 30.3 Å². The maximum Gasteiger partial charge on any atom is 0.443 e. The van der Waals surface area contributed by atoms with Gasteiger partial charge in [-0.3, -0.25) is 4.79 Å². The molecule has 0 saturated carbocycles. The van der Waals surface area contributed by atoms with Crippen molar-refractivity contribution >= 4 is 22.9 Å². The van der Waals surface area contributed by atoms with Crippen molar-refractivity contribution < 1.29 is 18.0 Å². The summed E-state index contributed by atoms with van der Waals surface area (Å²) >= 11 is 0.414. The van der Waals surface area contributed by atoms with Crippen molar-refractivity contribution in [2.24, 2.45) is 0 Å². The van der Waals surface area contributed by atoms with E-state index in [9.17, 15) is 18.0 Å². The average molecular weight is 286 g/mol. The number of aromatic nitrogens is 1. The summed E-state index contributed by atoms with van der Waals surface area (Å²) in [6.07, 6.45) is -4.52. The second-order valence-corrected chi connectivity index (χ2v) is 4.59. The van der Waals surface area contributed by atoms with E-state index < -0.39 is 17.1 Å². The van der Waals surface area contributed by atoms with E-state index in [2.05, 4.69) is 4.98 Å². The van der Waals surface area contributed by atoms with Gasteiger partial charge in [0.25, 0.3) is 5.91 Å². The molecule has 0 spiro atoms. The third-order valence-corrected chi connectivity index (χ3v) is 3.30. The number of halogens is 3. The van der Waals surface area contributed by atoms with Crippen LogP contribution in [-0.2, 0) is 6.18 Å². The first-order chi connectivity index (χ1) is 8.89. The van der Waals surface area contributed by atoms with Gasteiger partial charge in [-0.15, -0.1) is 11.3 Å². The number of alkyl halides is 3. The quantitative estimate of drug-likeness (QED) is 0.847. The van der Waals surface area contributed by atoms with Gasteiger partial charge in [0.15, 0.2) is 5.01 Å². The minimum Gasteiger partial charge on any atom is -0.310 e. The summed E-state index contributed by atoms with van der Waals surface area (Å²) in [5.74, 6) is -0.571. The first-order valence-electron chi connectivity index (χ1n) is 5.25. The molecule has 0 bridgehead atoms. The number of rotatable bonds is 2. The van der Waals surface area contributed by atoms with Gasteiger partial charge in [-0.05, 0) is 12.1 Å². The molecule has 0 atom stereocenters. The van der Waals surface area contributed by atoms with Crippen LogP contribution in [0.3, 0.4) is 0 Å². The lowest BCUT2D eigenvalue weighted by atomic mass is 10.3. The molecule has 0 unspecified atom stereocenters. The molecule has 0 fully saturated rings. The van der Waals surface area contributed by atoms with Crippen LogP contribution in [0, 0.1) is 0 Å². The van der Waals surface area contributed by atoms with Gasteiger partial charge in [-0.1, -0.05) is 18.2 Å². The summed E-state index contributed by atoms with van der Waals surface area (Å²) in [5, 5.41) is 0.0993. The molecule has 0 aliphatic rings. The van der Waals surface area contributed by atoms with Crippen molar-refractivity contribution in [3.05, 3.63) is 46.4 Å². The van der Waals surface area contributed by atoms with Crippen LogP contribution < -0.4 is 4.90 Å². The molecule has 1 heterocycles. The Labute approximate surface area is 111 Å². The zero-order valence-corrected chi connectivity index (χ0v) is 10.6. The fraction of sp³-hybridized carbons (Fsp3) is 0.167. The molecular formula is C12H9F3N2OS. The van der Waals surface area contributed by atoms with Crippen LogP contribution in [0.15, 0.2) is 35.7 Å². The van der Waals surface area contributed by atoms with Crippen LogP contribution in [0.4, 0.5) is 18.9 Å². The normalized spacial score (nSPS) is 11.4. The molecule has 7 heteroatoms. The lowest BCUT2D eigenvalue weighted by Crippen LogP contribution is -2.26. The van der Waals surface area contributed by atoms with E-state index >= 15 is 0 Å². The second-order valence-electron chi connectivity index (χ2n) is 3.74. The highest BCUT2D eigenvalue weighted by Gasteiger charge is 2.35. The number of hydrogen-bond acceptors (Lipinski definition) is 3. The number of amides is 1. The monoisotopic (exact) mass is 286 g/mol. The number of hydrogen-bond donors (Lipinski definition) is 0. The summed E-state index contributed by atoms with van der Waals surface area (Å²) in [6, 6.07) is 8.64. The van der Waals surface area contributed by atoms with Gasteiger partial charge in [0.1, 0.15) is 5.69 Å². The highest BCUT2D eigenvalue weighted by Crippen LogP contribution is 2.32. The van der Waals surface area contributed by atoms with Crippen LogP contribution in [0.5, 0.6) is 0 Å². The topological polar surface area (TPSA) is 33.2 Å². The predicted molar refractivity (Wildman–Crippen MR) is 66.3 cm³/mol. The summed E-state index contributed by atoms with van der Waals surface area (Å²) < 4.78 is 37.2. The van der Waals surface area contributed by atoms with Crippen molar-refractivity contribution in [1.82, 2.24) is 4.98 Å². The van der Waals surface area contributed by atoms with Crippen molar-refractivity contribution in [2.75, 3.05) is 11.9 Å². The van der Waals surface area contributed by atoms with Gasteiger partial charge in [-0.25, -0.2) is 4.98 Å². The van der Waals surface area contributed by atoms with E-state index in [1.165, 1.54) is 11.9 Å². The Balaban J connectivity index is 2.23. The van der Waals surface area contributed by atoms with E-state index in [1.807, 2.05) is 0 Å². The summed E-state index contributed by atoms with van der Waals surface area (Å²) in [5.41, 5.74) is 0.387.